The number of rotatable bonds is 8. The van der Waals surface area contributed by atoms with E-state index in [9.17, 15) is 14.9 Å². The highest BCUT2D eigenvalue weighted by molar-refractivity contribution is 7.99. The molecule has 0 heterocycles. The first kappa shape index (κ1) is 18.2. The average Bonchev–Trinajstić information content (AvgIpc) is 2.59. The van der Waals surface area contributed by atoms with E-state index >= 15 is 0 Å². The monoisotopic (exact) mass is 345 g/mol. The Morgan fingerprint density at radius 3 is 2.33 bits per heavy atom. The summed E-state index contributed by atoms with van der Waals surface area (Å²) in [6.45, 7) is 1.98. The number of carbonyl (C=O) groups excluding carboxylic acids is 1. The van der Waals surface area contributed by atoms with Crippen molar-refractivity contribution in [3.63, 3.8) is 0 Å². The maximum absolute atomic E-state index is 12.5. The lowest BCUT2D eigenvalue weighted by atomic mass is 10.0. The van der Waals surface area contributed by atoms with Crippen LogP contribution in [0.15, 0.2) is 48.5 Å². The normalized spacial score (nSPS) is 11.9. The van der Waals surface area contributed by atoms with Crippen molar-refractivity contribution >= 4 is 23.2 Å². The minimum atomic E-state index is -0.447. The molecule has 24 heavy (non-hydrogen) atoms. The number of nitrogens with zero attached hydrogens (tertiary/aromatic N) is 1. The molecule has 6 heteroatoms. The Bertz CT molecular complexity index is 698. The highest BCUT2D eigenvalue weighted by Crippen LogP contribution is 2.34. The minimum absolute atomic E-state index is 0.0174. The number of ketones is 1. The van der Waals surface area contributed by atoms with Gasteiger partial charge in [-0.15, -0.1) is 0 Å². The van der Waals surface area contributed by atoms with Gasteiger partial charge in [0.25, 0.3) is 5.69 Å². The summed E-state index contributed by atoms with van der Waals surface area (Å²) in [7, 11) is 0. The Kier molecular flexibility index (Phi) is 6.52. The van der Waals surface area contributed by atoms with Gasteiger partial charge in [-0.05, 0) is 12.5 Å². The second kappa shape index (κ2) is 8.61. The van der Waals surface area contributed by atoms with Gasteiger partial charge in [-0.25, -0.2) is 0 Å². The van der Waals surface area contributed by atoms with Crippen LogP contribution >= 0.6 is 11.8 Å². The largest absolute Gasteiger partial charge is 0.396 e. The van der Waals surface area contributed by atoms with E-state index in [1.54, 1.807) is 24.3 Å². The highest BCUT2D eigenvalue weighted by atomic mass is 32.2. The molecule has 2 rings (SSSR count). The van der Waals surface area contributed by atoms with Gasteiger partial charge in [0.05, 0.1) is 11.5 Å². The standard InChI is InChI=1S/C18H19NO4S/c1-13-2-4-14(5-3-13)17(21)12-18(24-11-10-20)15-6-8-16(9-7-15)19(22)23/h2-9,18,20H,10-12H2,1H3. The number of hydrogen-bond acceptors (Lipinski definition) is 5. The molecular weight excluding hydrogens is 326 g/mol. The maximum atomic E-state index is 12.5. The second-order valence-electron chi connectivity index (χ2n) is 5.43. The predicted octanol–water partition coefficient (Wildman–Crippen LogP) is 3.94. The Labute approximate surface area is 144 Å². The van der Waals surface area contributed by atoms with E-state index in [4.69, 9.17) is 5.11 Å². The van der Waals surface area contributed by atoms with E-state index in [0.29, 0.717) is 11.3 Å². The van der Waals surface area contributed by atoms with E-state index in [-0.39, 0.29) is 29.7 Å². The molecular formula is C18H19NO4S. The van der Waals surface area contributed by atoms with Crippen LogP contribution in [-0.4, -0.2) is 28.2 Å². The number of aryl methyl sites for hydroxylation is 1. The number of non-ortho nitro benzene ring substituents is 1. The number of carbonyl (C=O) groups is 1. The molecule has 2 aromatic rings. The zero-order chi connectivity index (χ0) is 17.5. The van der Waals surface area contributed by atoms with Crippen molar-refractivity contribution in [2.75, 3.05) is 12.4 Å². The first-order chi connectivity index (χ1) is 11.5. The van der Waals surface area contributed by atoms with Crippen LogP contribution in [0.3, 0.4) is 0 Å². The zero-order valence-electron chi connectivity index (χ0n) is 13.3. The predicted molar refractivity (Wildman–Crippen MR) is 95.5 cm³/mol. The molecule has 0 saturated heterocycles. The molecule has 2 aromatic carbocycles. The van der Waals surface area contributed by atoms with Crippen molar-refractivity contribution < 1.29 is 14.8 Å². The van der Waals surface area contributed by atoms with Gasteiger partial charge < -0.3 is 5.11 Å². The minimum Gasteiger partial charge on any atom is -0.396 e. The van der Waals surface area contributed by atoms with Crippen molar-refractivity contribution in [2.45, 2.75) is 18.6 Å². The van der Waals surface area contributed by atoms with Crippen LogP contribution in [0.5, 0.6) is 0 Å². The number of hydrogen-bond donors (Lipinski definition) is 1. The Hall–Kier alpha value is -2.18. The number of aliphatic hydroxyl groups is 1. The molecule has 0 saturated carbocycles. The summed E-state index contributed by atoms with van der Waals surface area (Å²) in [5.74, 6) is 0.520. The topological polar surface area (TPSA) is 80.4 Å². The molecule has 0 aliphatic heterocycles. The van der Waals surface area contributed by atoms with E-state index in [0.717, 1.165) is 11.1 Å². The second-order valence-corrected chi connectivity index (χ2v) is 6.74. The molecule has 126 valence electrons. The van der Waals surface area contributed by atoms with Crippen molar-refractivity contribution in [1.82, 2.24) is 0 Å². The van der Waals surface area contributed by atoms with Gasteiger partial charge in [0.15, 0.2) is 5.78 Å². The quantitative estimate of drug-likeness (QED) is 0.445. The fourth-order valence-corrected chi connectivity index (χ4v) is 3.31. The third-order valence-electron chi connectivity index (χ3n) is 3.63. The molecule has 0 aliphatic carbocycles. The van der Waals surface area contributed by atoms with Crippen LogP contribution in [0.2, 0.25) is 0 Å². The van der Waals surface area contributed by atoms with Gasteiger partial charge in [-0.3, -0.25) is 14.9 Å². The molecule has 0 amide bonds. The smallest absolute Gasteiger partial charge is 0.269 e. The van der Waals surface area contributed by atoms with Crippen LogP contribution in [-0.2, 0) is 0 Å². The summed E-state index contributed by atoms with van der Waals surface area (Å²) in [4.78, 5) is 22.8. The highest BCUT2D eigenvalue weighted by Gasteiger charge is 2.18. The Morgan fingerprint density at radius 2 is 1.79 bits per heavy atom. The molecule has 1 N–H and O–H groups in total. The number of benzene rings is 2. The van der Waals surface area contributed by atoms with Crippen LogP contribution in [0.1, 0.15) is 33.2 Å². The number of nitro groups is 1. The molecule has 0 spiro atoms. The van der Waals surface area contributed by atoms with Crippen LogP contribution < -0.4 is 0 Å². The van der Waals surface area contributed by atoms with Gasteiger partial charge in [0, 0.05) is 35.1 Å². The van der Waals surface area contributed by atoms with Gasteiger partial charge in [0.2, 0.25) is 0 Å². The Morgan fingerprint density at radius 1 is 1.17 bits per heavy atom. The lowest BCUT2D eigenvalue weighted by Gasteiger charge is -2.16. The number of aliphatic hydroxyl groups excluding tert-OH is 1. The molecule has 0 aliphatic rings. The lowest BCUT2D eigenvalue weighted by Crippen LogP contribution is -2.07. The molecule has 0 fully saturated rings. The molecule has 1 unspecified atom stereocenters. The maximum Gasteiger partial charge on any atom is 0.269 e. The summed E-state index contributed by atoms with van der Waals surface area (Å²) in [6.07, 6.45) is 0.283. The van der Waals surface area contributed by atoms with Crippen LogP contribution in [0.4, 0.5) is 5.69 Å². The molecule has 1 atom stereocenters. The number of Topliss-reactive ketones (excluding diaryl/α,β-unsaturated/α-hetero) is 1. The lowest BCUT2D eigenvalue weighted by molar-refractivity contribution is -0.384. The van der Waals surface area contributed by atoms with E-state index in [2.05, 4.69) is 0 Å². The van der Waals surface area contributed by atoms with Crippen molar-refractivity contribution in [3.8, 4) is 0 Å². The van der Waals surface area contributed by atoms with Crippen molar-refractivity contribution in [2.24, 2.45) is 0 Å². The first-order valence-electron chi connectivity index (χ1n) is 7.58. The number of thioether (sulfide) groups is 1. The molecule has 5 nitrogen and oxygen atoms in total. The van der Waals surface area contributed by atoms with Gasteiger partial charge in [0.1, 0.15) is 0 Å². The average molecular weight is 345 g/mol. The summed E-state index contributed by atoms with van der Waals surface area (Å²) >= 11 is 1.47. The Balaban J connectivity index is 2.16. The summed E-state index contributed by atoms with van der Waals surface area (Å²) in [6, 6.07) is 13.6. The number of nitro benzene ring substituents is 1. The molecule has 0 bridgehead atoms. The third-order valence-corrected chi connectivity index (χ3v) is 4.89. The summed E-state index contributed by atoms with van der Waals surface area (Å²) < 4.78 is 0. The molecule has 0 radical (unpaired) electrons. The fraction of sp³-hybridized carbons (Fsp3) is 0.278. The zero-order valence-corrected chi connectivity index (χ0v) is 14.2. The van der Waals surface area contributed by atoms with Crippen LogP contribution in [0.25, 0.3) is 0 Å². The van der Waals surface area contributed by atoms with Gasteiger partial charge in [-0.1, -0.05) is 42.0 Å². The third kappa shape index (κ3) is 4.91. The van der Waals surface area contributed by atoms with Crippen molar-refractivity contribution in [1.29, 1.82) is 0 Å². The van der Waals surface area contributed by atoms with Crippen molar-refractivity contribution in [3.05, 3.63) is 75.3 Å². The van der Waals surface area contributed by atoms with E-state index < -0.39 is 4.92 Å². The SMILES string of the molecule is Cc1ccc(C(=O)CC(SCCO)c2ccc([N+](=O)[O-])cc2)cc1. The van der Waals surface area contributed by atoms with E-state index in [1.807, 2.05) is 19.1 Å². The summed E-state index contributed by atoms with van der Waals surface area (Å²) in [5, 5.41) is 19.7. The van der Waals surface area contributed by atoms with Crippen LogP contribution in [0, 0.1) is 17.0 Å². The van der Waals surface area contributed by atoms with E-state index in [1.165, 1.54) is 23.9 Å². The van der Waals surface area contributed by atoms with Gasteiger partial charge in [-0.2, -0.15) is 11.8 Å². The summed E-state index contributed by atoms with van der Waals surface area (Å²) in [5.41, 5.74) is 2.61. The fourth-order valence-electron chi connectivity index (χ4n) is 2.30. The van der Waals surface area contributed by atoms with Gasteiger partial charge >= 0.3 is 0 Å². The molecule has 0 aromatic heterocycles. The first-order valence-corrected chi connectivity index (χ1v) is 8.63.